The Morgan fingerprint density at radius 2 is 1.00 bits per heavy atom. The molecule has 0 saturated carbocycles. The Hall–Kier alpha value is -2.80. The predicted molar refractivity (Wildman–Crippen MR) is 134 cm³/mol. The summed E-state index contributed by atoms with van der Waals surface area (Å²) in [5.41, 5.74) is 5.46. The largest absolute Gasteiger partial charge is 2.00 e. The van der Waals surface area contributed by atoms with Gasteiger partial charge in [0.1, 0.15) is 0 Å². The molecular weight excluding hydrogens is 511 g/mol. The molecule has 0 saturated heterocycles. The SMILES string of the molecule is CC(C)(C)c1ccc(-c2ccccn2)[c-]c1Oc1[c-]c(-c2ccccn2)ccc1C(C)(C)C.[Pd+2]. The summed E-state index contributed by atoms with van der Waals surface area (Å²) in [6.45, 7) is 13.1. The molecule has 176 valence electrons. The molecule has 2 aromatic carbocycles. The number of aromatic nitrogens is 2. The fraction of sp³-hybridized carbons (Fsp3) is 0.267. The van der Waals surface area contributed by atoms with Crippen molar-refractivity contribution >= 4 is 0 Å². The summed E-state index contributed by atoms with van der Waals surface area (Å²) >= 11 is 0. The minimum Gasteiger partial charge on any atom is -0.496 e. The first-order valence-electron chi connectivity index (χ1n) is 11.3. The summed E-state index contributed by atoms with van der Waals surface area (Å²) in [6.07, 6.45) is 3.59. The minimum atomic E-state index is -0.116. The second-order valence-electron chi connectivity index (χ2n) is 10.3. The summed E-state index contributed by atoms with van der Waals surface area (Å²) in [6, 6.07) is 27.1. The molecule has 0 fully saturated rings. The number of rotatable bonds is 4. The number of hydrogen-bond acceptors (Lipinski definition) is 3. The Morgan fingerprint density at radius 1 is 0.588 bits per heavy atom. The van der Waals surface area contributed by atoms with Gasteiger partial charge in [0, 0.05) is 23.9 Å². The van der Waals surface area contributed by atoms with E-state index in [9.17, 15) is 0 Å². The zero-order valence-electron chi connectivity index (χ0n) is 20.5. The van der Waals surface area contributed by atoms with Crippen LogP contribution in [0.15, 0.2) is 73.1 Å². The average Bonchev–Trinajstić information content (AvgIpc) is 2.79. The molecule has 2 aromatic heterocycles. The van der Waals surface area contributed by atoms with Gasteiger partial charge in [0.15, 0.2) is 0 Å². The quantitative estimate of drug-likeness (QED) is 0.196. The van der Waals surface area contributed by atoms with E-state index in [-0.39, 0.29) is 31.3 Å². The molecule has 4 heteroatoms. The molecule has 0 unspecified atom stereocenters. The van der Waals surface area contributed by atoms with E-state index in [0.29, 0.717) is 11.5 Å². The van der Waals surface area contributed by atoms with Crippen molar-refractivity contribution in [3.05, 3.63) is 96.3 Å². The average molecular weight is 541 g/mol. The van der Waals surface area contributed by atoms with Crippen LogP contribution in [0.2, 0.25) is 0 Å². The van der Waals surface area contributed by atoms with Crippen LogP contribution in [-0.2, 0) is 31.3 Å². The maximum atomic E-state index is 6.65. The van der Waals surface area contributed by atoms with Crippen LogP contribution in [-0.4, -0.2) is 9.97 Å². The van der Waals surface area contributed by atoms with Crippen molar-refractivity contribution in [2.24, 2.45) is 0 Å². The minimum absolute atomic E-state index is 0. The molecule has 0 aliphatic carbocycles. The second-order valence-corrected chi connectivity index (χ2v) is 10.3. The molecule has 3 nitrogen and oxygen atoms in total. The smallest absolute Gasteiger partial charge is 0.496 e. The van der Waals surface area contributed by atoms with Crippen LogP contribution in [0.1, 0.15) is 52.7 Å². The number of pyridine rings is 2. The Balaban J connectivity index is 0.00000324. The second kappa shape index (κ2) is 10.2. The summed E-state index contributed by atoms with van der Waals surface area (Å²) in [5, 5.41) is 0. The molecule has 0 bridgehead atoms. The molecule has 4 rings (SSSR count). The molecule has 0 aliphatic rings. The maximum Gasteiger partial charge on any atom is 2.00 e. The van der Waals surface area contributed by atoms with E-state index in [0.717, 1.165) is 33.6 Å². The van der Waals surface area contributed by atoms with E-state index < -0.39 is 0 Å². The standard InChI is InChI=1S/C30H30N2O.Pd/c1-29(2,3)23-15-13-21(25-11-7-9-17-31-25)19-27(23)33-28-20-22(26-12-8-10-18-32-26)14-16-24(28)30(4,5)6;/h7-18H,1-6H3;/q-2;+2. The Kier molecular flexibility index (Phi) is 7.76. The van der Waals surface area contributed by atoms with Crippen LogP contribution in [0, 0.1) is 12.1 Å². The first-order valence-corrected chi connectivity index (χ1v) is 11.3. The Labute approximate surface area is 217 Å². The van der Waals surface area contributed by atoms with Crippen molar-refractivity contribution in [1.82, 2.24) is 9.97 Å². The summed E-state index contributed by atoms with van der Waals surface area (Å²) in [5.74, 6) is 1.40. The molecule has 34 heavy (non-hydrogen) atoms. The van der Waals surface area contributed by atoms with Gasteiger partial charge in [0.05, 0.1) is 0 Å². The van der Waals surface area contributed by atoms with Gasteiger partial charge >= 0.3 is 20.4 Å². The summed E-state index contributed by atoms with van der Waals surface area (Å²) in [7, 11) is 0. The molecule has 4 aromatic rings. The number of hydrogen-bond donors (Lipinski definition) is 0. The summed E-state index contributed by atoms with van der Waals surface area (Å²) < 4.78 is 6.65. The van der Waals surface area contributed by atoms with Crippen LogP contribution >= 0.6 is 0 Å². The van der Waals surface area contributed by atoms with Gasteiger partial charge in [-0.2, -0.15) is 0 Å². The van der Waals surface area contributed by atoms with E-state index in [1.165, 1.54) is 0 Å². The van der Waals surface area contributed by atoms with Crippen molar-refractivity contribution in [2.75, 3.05) is 0 Å². The fourth-order valence-electron chi connectivity index (χ4n) is 3.73. The van der Waals surface area contributed by atoms with Gasteiger partial charge in [-0.1, -0.05) is 89.1 Å². The van der Waals surface area contributed by atoms with Gasteiger partial charge < -0.3 is 14.7 Å². The van der Waals surface area contributed by atoms with Crippen molar-refractivity contribution < 1.29 is 25.2 Å². The van der Waals surface area contributed by atoms with Crippen molar-refractivity contribution in [3.63, 3.8) is 0 Å². The van der Waals surface area contributed by atoms with Crippen LogP contribution < -0.4 is 4.74 Å². The van der Waals surface area contributed by atoms with E-state index >= 15 is 0 Å². The molecule has 0 N–H and O–H groups in total. The Morgan fingerprint density at radius 3 is 1.32 bits per heavy atom. The number of nitrogens with zero attached hydrogens (tertiary/aromatic N) is 2. The van der Waals surface area contributed by atoms with Crippen LogP contribution in [0.4, 0.5) is 0 Å². The zero-order valence-corrected chi connectivity index (χ0v) is 22.1. The van der Waals surface area contributed by atoms with Gasteiger partial charge in [-0.15, -0.1) is 35.4 Å². The topological polar surface area (TPSA) is 35.0 Å². The number of benzene rings is 2. The van der Waals surface area contributed by atoms with E-state index in [1.54, 1.807) is 12.4 Å². The van der Waals surface area contributed by atoms with Gasteiger partial charge in [-0.25, -0.2) is 0 Å². The van der Waals surface area contributed by atoms with Gasteiger partial charge in [0.2, 0.25) is 0 Å². The maximum absolute atomic E-state index is 6.65. The molecule has 0 radical (unpaired) electrons. The van der Waals surface area contributed by atoms with Gasteiger partial charge in [-0.3, -0.25) is 0 Å². The predicted octanol–water partition coefficient (Wildman–Crippen LogP) is 7.80. The molecular formula is C30H30N2OPd. The molecule has 0 amide bonds. The number of ether oxygens (including phenoxy) is 1. The third-order valence-corrected chi connectivity index (χ3v) is 5.52. The van der Waals surface area contributed by atoms with E-state index in [2.05, 4.69) is 87.9 Å². The zero-order chi connectivity index (χ0) is 23.6. The fourth-order valence-corrected chi connectivity index (χ4v) is 3.73. The molecule has 0 aliphatic heterocycles. The van der Waals surface area contributed by atoms with Gasteiger partial charge in [-0.05, 0) is 34.4 Å². The molecule has 0 spiro atoms. The normalized spacial score (nSPS) is 11.6. The summed E-state index contributed by atoms with van der Waals surface area (Å²) in [4.78, 5) is 8.99. The third kappa shape index (κ3) is 5.81. The van der Waals surface area contributed by atoms with E-state index in [4.69, 9.17) is 4.74 Å². The van der Waals surface area contributed by atoms with Gasteiger partial charge in [0.25, 0.3) is 0 Å². The Bertz CT molecular complexity index is 1140. The van der Waals surface area contributed by atoms with E-state index in [1.807, 2.05) is 36.4 Å². The first kappa shape index (κ1) is 25.8. The van der Waals surface area contributed by atoms with Crippen LogP contribution in [0.25, 0.3) is 22.5 Å². The van der Waals surface area contributed by atoms with Crippen LogP contribution in [0.5, 0.6) is 11.5 Å². The van der Waals surface area contributed by atoms with Crippen molar-refractivity contribution in [1.29, 1.82) is 0 Å². The third-order valence-electron chi connectivity index (χ3n) is 5.52. The molecule has 0 atom stereocenters. The van der Waals surface area contributed by atoms with Crippen LogP contribution in [0.3, 0.4) is 0 Å². The first-order chi connectivity index (χ1) is 15.6. The van der Waals surface area contributed by atoms with Crippen molar-refractivity contribution in [2.45, 2.75) is 52.4 Å². The van der Waals surface area contributed by atoms with Crippen molar-refractivity contribution in [3.8, 4) is 34.0 Å². The molecule has 2 heterocycles. The monoisotopic (exact) mass is 540 g/mol.